The van der Waals surface area contributed by atoms with E-state index in [9.17, 15) is 4.79 Å². The molecular weight excluding hydrogens is 274 g/mol. The molecule has 3 rings (SSSR count). The Kier molecular flexibility index (Phi) is 4.24. The molecule has 1 heterocycles. The van der Waals surface area contributed by atoms with Crippen molar-refractivity contribution in [3.8, 4) is 11.3 Å². The summed E-state index contributed by atoms with van der Waals surface area (Å²) in [6.07, 6.45) is 1.89. The van der Waals surface area contributed by atoms with Gasteiger partial charge >= 0.3 is 5.97 Å². The Morgan fingerprint density at radius 2 is 1.77 bits per heavy atom. The molecule has 2 aromatic carbocycles. The van der Waals surface area contributed by atoms with Crippen LogP contribution in [0.5, 0.6) is 0 Å². The Morgan fingerprint density at radius 1 is 1.05 bits per heavy atom. The number of ether oxygens (including phenoxy) is 1. The molecule has 1 N–H and O–H groups in total. The maximum Gasteiger partial charge on any atom is 0.340 e. The number of carbonyl (C=O) groups is 1. The fourth-order valence-electron chi connectivity index (χ4n) is 2.56. The minimum Gasteiger partial charge on any atom is -0.462 e. The third-order valence-corrected chi connectivity index (χ3v) is 3.70. The van der Waals surface area contributed by atoms with E-state index in [0.29, 0.717) is 12.2 Å². The predicted molar refractivity (Wildman–Crippen MR) is 88.9 cm³/mol. The lowest BCUT2D eigenvalue weighted by Crippen LogP contribution is -2.07. The van der Waals surface area contributed by atoms with Gasteiger partial charge in [0.2, 0.25) is 0 Å². The summed E-state index contributed by atoms with van der Waals surface area (Å²) in [5, 5.41) is 0.905. The number of benzene rings is 2. The normalized spacial score (nSPS) is 10.8. The van der Waals surface area contributed by atoms with E-state index in [4.69, 9.17) is 4.74 Å². The third-order valence-electron chi connectivity index (χ3n) is 3.70. The van der Waals surface area contributed by atoms with Crippen LogP contribution >= 0.6 is 0 Å². The fourth-order valence-corrected chi connectivity index (χ4v) is 2.56. The van der Waals surface area contributed by atoms with Crippen molar-refractivity contribution in [2.45, 2.75) is 19.8 Å². The van der Waals surface area contributed by atoms with Crippen molar-refractivity contribution >= 4 is 16.9 Å². The quantitative estimate of drug-likeness (QED) is 0.542. The van der Waals surface area contributed by atoms with Gasteiger partial charge in [0.25, 0.3) is 0 Å². The molecule has 3 nitrogen and oxygen atoms in total. The van der Waals surface area contributed by atoms with E-state index < -0.39 is 0 Å². The van der Waals surface area contributed by atoms with E-state index in [1.165, 1.54) is 0 Å². The first-order chi connectivity index (χ1) is 10.8. The smallest absolute Gasteiger partial charge is 0.340 e. The summed E-state index contributed by atoms with van der Waals surface area (Å²) in [4.78, 5) is 15.9. The summed E-state index contributed by atoms with van der Waals surface area (Å²) < 4.78 is 5.44. The van der Waals surface area contributed by atoms with Crippen molar-refractivity contribution < 1.29 is 9.53 Å². The van der Waals surface area contributed by atoms with E-state index in [1.54, 1.807) is 0 Å². The van der Waals surface area contributed by atoms with Gasteiger partial charge in [0, 0.05) is 10.9 Å². The Morgan fingerprint density at radius 3 is 2.55 bits per heavy atom. The van der Waals surface area contributed by atoms with E-state index in [2.05, 4.69) is 11.9 Å². The van der Waals surface area contributed by atoms with Crippen molar-refractivity contribution in [2.75, 3.05) is 6.61 Å². The van der Waals surface area contributed by atoms with Crippen molar-refractivity contribution in [3.63, 3.8) is 0 Å². The van der Waals surface area contributed by atoms with E-state index >= 15 is 0 Å². The number of rotatable bonds is 5. The maximum absolute atomic E-state index is 12.5. The van der Waals surface area contributed by atoms with Crippen LogP contribution in [0.2, 0.25) is 0 Å². The second-order valence-corrected chi connectivity index (χ2v) is 5.28. The van der Waals surface area contributed by atoms with Gasteiger partial charge in [-0.2, -0.15) is 0 Å². The Labute approximate surface area is 129 Å². The second-order valence-electron chi connectivity index (χ2n) is 5.28. The Balaban J connectivity index is 2.07. The maximum atomic E-state index is 12.5. The molecule has 112 valence electrons. The summed E-state index contributed by atoms with van der Waals surface area (Å²) in [7, 11) is 0. The molecule has 1 aromatic heterocycles. The molecule has 0 atom stereocenters. The molecule has 0 unspecified atom stereocenters. The zero-order chi connectivity index (χ0) is 15.4. The second kappa shape index (κ2) is 6.48. The highest BCUT2D eigenvalue weighted by molar-refractivity contribution is 6.10. The van der Waals surface area contributed by atoms with Gasteiger partial charge in [0.15, 0.2) is 0 Å². The zero-order valence-corrected chi connectivity index (χ0v) is 12.6. The molecule has 0 spiro atoms. The van der Waals surface area contributed by atoms with Crippen molar-refractivity contribution in [2.24, 2.45) is 0 Å². The largest absolute Gasteiger partial charge is 0.462 e. The molecule has 0 bridgehead atoms. The number of carbonyl (C=O) groups excluding carboxylic acids is 1. The lowest BCUT2D eigenvalue weighted by atomic mass is 10.1. The number of fused-ring (bicyclic) bond motifs is 1. The van der Waals surface area contributed by atoms with Gasteiger partial charge in [-0.05, 0) is 18.1 Å². The summed E-state index contributed by atoms with van der Waals surface area (Å²) in [5.74, 6) is -0.259. The number of H-pyrrole nitrogens is 1. The number of aromatic nitrogens is 1. The lowest BCUT2D eigenvalue weighted by molar-refractivity contribution is 0.0503. The molecule has 0 saturated carbocycles. The predicted octanol–water partition coefficient (Wildman–Crippen LogP) is 4.79. The lowest BCUT2D eigenvalue weighted by Gasteiger charge is -2.06. The van der Waals surface area contributed by atoms with Gasteiger partial charge in [-0.1, -0.05) is 61.9 Å². The first-order valence-electron chi connectivity index (χ1n) is 7.64. The Bertz CT molecular complexity index is 774. The van der Waals surface area contributed by atoms with Crippen LogP contribution in [-0.2, 0) is 4.74 Å². The monoisotopic (exact) mass is 293 g/mol. The van der Waals surface area contributed by atoms with Crippen LogP contribution in [-0.4, -0.2) is 17.6 Å². The molecule has 3 heteroatoms. The highest BCUT2D eigenvalue weighted by atomic mass is 16.5. The molecule has 0 aliphatic heterocycles. The van der Waals surface area contributed by atoms with Gasteiger partial charge in [0.05, 0.1) is 17.9 Å². The van der Waals surface area contributed by atoms with E-state index in [0.717, 1.165) is 35.0 Å². The summed E-state index contributed by atoms with van der Waals surface area (Å²) in [6, 6.07) is 17.7. The average molecular weight is 293 g/mol. The van der Waals surface area contributed by atoms with Crippen LogP contribution in [0.4, 0.5) is 0 Å². The SMILES string of the molecule is CCCCOC(=O)c1c(-c2ccccc2)[nH]c2ccccc12. The minimum absolute atomic E-state index is 0.259. The zero-order valence-electron chi connectivity index (χ0n) is 12.6. The summed E-state index contributed by atoms with van der Waals surface area (Å²) in [5.41, 5.74) is 3.38. The first kappa shape index (κ1) is 14.4. The Hall–Kier alpha value is -2.55. The standard InChI is InChI=1S/C19H19NO2/c1-2-3-13-22-19(21)17-15-11-7-8-12-16(15)20-18(17)14-9-5-4-6-10-14/h4-12,20H,2-3,13H2,1H3. The number of hydrogen-bond acceptors (Lipinski definition) is 2. The molecular formula is C19H19NO2. The van der Waals surface area contributed by atoms with E-state index in [-0.39, 0.29) is 5.97 Å². The minimum atomic E-state index is -0.259. The fraction of sp³-hybridized carbons (Fsp3) is 0.211. The van der Waals surface area contributed by atoms with Crippen molar-refractivity contribution in [1.29, 1.82) is 0 Å². The van der Waals surface area contributed by atoms with Gasteiger partial charge in [-0.15, -0.1) is 0 Å². The van der Waals surface area contributed by atoms with Crippen molar-refractivity contribution in [1.82, 2.24) is 4.98 Å². The summed E-state index contributed by atoms with van der Waals surface area (Å²) >= 11 is 0. The van der Waals surface area contributed by atoms with Crippen LogP contribution < -0.4 is 0 Å². The number of nitrogens with one attached hydrogen (secondary N) is 1. The summed E-state index contributed by atoms with van der Waals surface area (Å²) in [6.45, 7) is 2.54. The molecule has 0 fully saturated rings. The molecule has 0 radical (unpaired) electrons. The number of esters is 1. The van der Waals surface area contributed by atoms with Crippen LogP contribution in [0.1, 0.15) is 30.1 Å². The molecule has 0 amide bonds. The highest BCUT2D eigenvalue weighted by Gasteiger charge is 2.20. The highest BCUT2D eigenvalue weighted by Crippen LogP contribution is 2.30. The van der Waals surface area contributed by atoms with E-state index in [1.807, 2.05) is 54.6 Å². The third kappa shape index (κ3) is 2.75. The average Bonchev–Trinajstić information content (AvgIpc) is 2.95. The van der Waals surface area contributed by atoms with Gasteiger partial charge in [0.1, 0.15) is 0 Å². The van der Waals surface area contributed by atoms with Crippen molar-refractivity contribution in [3.05, 3.63) is 60.2 Å². The molecule has 0 aliphatic carbocycles. The molecule has 3 aromatic rings. The molecule has 22 heavy (non-hydrogen) atoms. The topological polar surface area (TPSA) is 42.1 Å². The molecule has 0 aliphatic rings. The van der Waals surface area contributed by atoms with Crippen LogP contribution in [0.15, 0.2) is 54.6 Å². The number of para-hydroxylation sites is 1. The van der Waals surface area contributed by atoms with Crippen LogP contribution in [0.25, 0.3) is 22.2 Å². The van der Waals surface area contributed by atoms with Crippen LogP contribution in [0, 0.1) is 0 Å². The first-order valence-corrected chi connectivity index (χ1v) is 7.64. The van der Waals surface area contributed by atoms with Gasteiger partial charge < -0.3 is 9.72 Å². The number of hydrogen-bond donors (Lipinski definition) is 1. The number of aromatic amines is 1. The van der Waals surface area contributed by atoms with Gasteiger partial charge in [-0.3, -0.25) is 0 Å². The van der Waals surface area contributed by atoms with Crippen LogP contribution in [0.3, 0.4) is 0 Å². The molecule has 0 saturated heterocycles. The number of unbranched alkanes of at least 4 members (excludes halogenated alkanes) is 1. The van der Waals surface area contributed by atoms with Gasteiger partial charge in [-0.25, -0.2) is 4.79 Å².